The molecule has 29 heavy (non-hydrogen) atoms. The van der Waals surface area contributed by atoms with Crippen LogP contribution in [0.1, 0.15) is 33.4 Å². The summed E-state index contributed by atoms with van der Waals surface area (Å²) < 4.78 is 28.5. The first-order chi connectivity index (χ1) is 13.7. The molecule has 2 aromatic carbocycles. The summed E-state index contributed by atoms with van der Waals surface area (Å²) in [5, 5.41) is 0. The Labute approximate surface area is 175 Å². The lowest BCUT2D eigenvalue weighted by Gasteiger charge is -2.34. The van der Waals surface area contributed by atoms with Crippen molar-refractivity contribution in [3.63, 3.8) is 0 Å². The maximum atomic E-state index is 13.4. The maximum absolute atomic E-state index is 13.4. The van der Waals surface area contributed by atoms with Crippen molar-refractivity contribution in [2.75, 3.05) is 32.7 Å². The van der Waals surface area contributed by atoms with Crippen LogP contribution in [0, 0.1) is 34.6 Å². The Bertz CT molecular complexity index is 974. The van der Waals surface area contributed by atoms with E-state index in [2.05, 4.69) is 36.1 Å². The molecule has 0 radical (unpaired) electrons. The van der Waals surface area contributed by atoms with Crippen molar-refractivity contribution in [2.45, 2.75) is 39.5 Å². The molecule has 0 unspecified atom stereocenters. The van der Waals surface area contributed by atoms with E-state index < -0.39 is 10.0 Å². The standard InChI is InChI=1S/C24H32N2O2S/c1-18-19(2)21(4)24(22(5)20(18)3)29(27,28)26-16-14-25(15-17-26)13-9-12-23-10-7-6-8-11-23/h6-12H,13-17H2,1-5H3/b12-9+. The van der Waals surface area contributed by atoms with Crippen LogP contribution in [0.2, 0.25) is 0 Å². The highest BCUT2D eigenvalue weighted by Gasteiger charge is 2.32. The summed E-state index contributed by atoms with van der Waals surface area (Å²) in [6, 6.07) is 10.2. The van der Waals surface area contributed by atoms with E-state index in [1.54, 1.807) is 4.31 Å². The Morgan fingerprint density at radius 1 is 0.793 bits per heavy atom. The minimum atomic E-state index is -3.48. The Hall–Kier alpha value is -1.95. The highest BCUT2D eigenvalue weighted by Crippen LogP contribution is 2.31. The van der Waals surface area contributed by atoms with Gasteiger partial charge in [0.05, 0.1) is 4.90 Å². The number of piperazine rings is 1. The number of nitrogens with zero attached hydrogens (tertiary/aromatic N) is 2. The van der Waals surface area contributed by atoms with Crippen LogP contribution in [-0.4, -0.2) is 50.3 Å². The SMILES string of the molecule is Cc1c(C)c(C)c(S(=O)(=O)N2CCN(C/C=C/c3ccccc3)CC2)c(C)c1C. The summed E-state index contributed by atoms with van der Waals surface area (Å²) in [6.45, 7) is 13.4. The van der Waals surface area contributed by atoms with Gasteiger partial charge in [0.2, 0.25) is 10.0 Å². The molecular formula is C24H32N2O2S. The van der Waals surface area contributed by atoms with Gasteiger partial charge in [0, 0.05) is 32.7 Å². The van der Waals surface area contributed by atoms with E-state index in [0.29, 0.717) is 18.0 Å². The zero-order valence-corrected chi connectivity index (χ0v) is 19.0. The fraction of sp³-hybridized carbons (Fsp3) is 0.417. The second-order valence-corrected chi connectivity index (χ2v) is 9.85. The molecular weight excluding hydrogens is 380 g/mol. The number of sulfonamides is 1. The largest absolute Gasteiger partial charge is 0.297 e. The van der Waals surface area contributed by atoms with E-state index in [1.165, 1.54) is 11.1 Å². The summed E-state index contributed by atoms with van der Waals surface area (Å²) in [7, 11) is -3.48. The minimum Gasteiger partial charge on any atom is -0.297 e. The van der Waals surface area contributed by atoms with Gasteiger partial charge in [-0.1, -0.05) is 42.5 Å². The fourth-order valence-electron chi connectivity index (χ4n) is 4.04. The number of hydrogen-bond acceptors (Lipinski definition) is 3. The molecule has 0 aromatic heterocycles. The molecule has 1 aliphatic heterocycles. The Kier molecular flexibility index (Phi) is 6.62. The van der Waals surface area contributed by atoms with Gasteiger partial charge in [0.15, 0.2) is 0 Å². The van der Waals surface area contributed by atoms with Crippen LogP contribution >= 0.6 is 0 Å². The molecule has 1 aliphatic rings. The van der Waals surface area contributed by atoms with Crippen LogP contribution in [0.3, 0.4) is 0 Å². The normalized spacial score (nSPS) is 16.6. The molecule has 5 heteroatoms. The number of benzene rings is 2. The van der Waals surface area contributed by atoms with E-state index in [0.717, 1.165) is 41.9 Å². The number of rotatable bonds is 5. The molecule has 3 rings (SSSR count). The van der Waals surface area contributed by atoms with Gasteiger partial charge in [-0.25, -0.2) is 8.42 Å². The first kappa shape index (κ1) is 21.8. The molecule has 0 aliphatic carbocycles. The molecule has 156 valence electrons. The Morgan fingerprint density at radius 3 is 1.86 bits per heavy atom. The molecule has 1 saturated heterocycles. The first-order valence-corrected chi connectivity index (χ1v) is 11.7. The van der Waals surface area contributed by atoms with Crippen molar-refractivity contribution in [1.82, 2.24) is 9.21 Å². The maximum Gasteiger partial charge on any atom is 0.243 e. The minimum absolute atomic E-state index is 0.510. The quantitative estimate of drug-likeness (QED) is 0.737. The van der Waals surface area contributed by atoms with E-state index in [9.17, 15) is 8.42 Å². The van der Waals surface area contributed by atoms with Crippen molar-refractivity contribution in [1.29, 1.82) is 0 Å². The van der Waals surface area contributed by atoms with Crippen LogP contribution in [0.5, 0.6) is 0 Å². The van der Waals surface area contributed by atoms with Gasteiger partial charge in [0.25, 0.3) is 0 Å². The van der Waals surface area contributed by atoms with Gasteiger partial charge in [0.1, 0.15) is 0 Å². The molecule has 0 amide bonds. The smallest absolute Gasteiger partial charge is 0.243 e. The van der Waals surface area contributed by atoms with Crippen molar-refractivity contribution >= 4 is 16.1 Å². The van der Waals surface area contributed by atoms with E-state index in [4.69, 9.17) is 0 Å². The predicted octanol–water partition coefficient (Wildman–Crippen LogP) is 4.25. The summed E-state index contributed by atoms with van der Waals surface area (Å²) in [4.78, 5) is 2.81. The number of hydrogen-bond donors (Lipinski definition) is 0. The van der Waals surface area contributed by atoms with Gasteiger partial charge in [-0.15, -0.1) is 0 Å². The van der Waals surface area contributed by atoms with E-state index in [-0.39, 0.29) is 0 Å². The second-order valence-electron chi connectivity index (χ2n) is 7.97. The second kappa shape index (κ2) is 8.82. The van der Waals surface area contributed by atoms with Gasteiger partial charge in [-0.3, -0.25) is 4.90 Å². The third kappa shape index (κ3) is 4.47. The molecule has 0 saturated carbocycles. The Morgan fingerprint density at radius 2 is 1.31 bits per heavy atom. The van der Waals surface area contributed by atoms with Crippen LogP contribution in [0.15, 0.2) is 41.3 Å². The fourth-order valence-corrected chi connectivity index (χ4v) is 6.02. The molecule has 1 fully saturated rings. The van der Waals surface area contributed by atoms with Crippen molar-refractivity contribution < 1.29 is 8.42 Å². The third-order valence-corrected chi connectivity index (χ3v) is 8.51. The summed E-state index contributed by atoms with van der Waals surface area (Å²) in [5.74, 6) is 0. The lowest BCUT2D eigenvalue weighted by molar-refractivity contribution is 0.204. The van der Waals surface area contributed by atoms with Crippen LogP contribution in [-0.2, 0) is 10.0 Å². The van der Waals surface area contributed by atoms with Gasteiger partial charge < -0.3 is 0 Å². The molecule has 4 nitrogen and oxygen atoms in total. The van der Waals surface area contributed by atoms with Crippen LogP contribution in [0.4, 0.5) is 0 Å². The topological polar surface area (TPSA) is 40.6 Å². The van der Waals surface area contributed by atoms with Crippen LogP contribution in [0.25, 0.3) is 6.08 Å². The first-order valence-electron chi connectivity index (χ1n) is 10.2. The highest BCUT2D eigenvalue weighted by molar-refractivity contribution is 7.89. The lowest BCUT2D eigenvalue weighted by Crippen LogP contribution is -2.48. The van der Waals surface area contributed by atoms with Crippen molar-refractivity contribution in [3.8, 4) is 0 Å². The van der Waals surface area contributed by atoms with Crippen molar-refractivity contribution in [2.24, 2.45) is 0 Å². The molecule has 0 bridgehead atoms. The predicted molar refractivity (Wildman–Crippen MR) is 121 cm³/mol. The highest BCUT2D eigenvalue weighted by atomic mass is 32.2. The van der Waals surface area contributed by atoms with E-state index in [1.807, 2.05) is 45.9 Å². The third-order valence-electron chi connectivity index (χ3n) is 6.33. The average Bonchev–Trinajstić information content (AvgIpc) is 2.72. The lowest BCUT2D eigenvalue weighted by atomic mass is 9.95. The van der Waals surface area contributed by atoms with Crippen LogP contribution < -0.4 is 0 Å². The summed E-state index contributed by atoms with van der Waals surface area (Å²) in [5.41, 5.74) is 6.31. The molecule has 0 N–H and O–H groups in total. The summed E-state index contributed by atoms with van der Waals surface area (Å²) in [6.07, 6.45) is 4.27. The Balaban J connectivity index is 1.70. The summed E-state index contributed by atoms with van der Waals surface area (Å²) >= 11 is 0. The molecule has 0 spiro atoms. The monoisotopic (exact) mass is 412 g/mol. The van der Waals surface area contributed by atoms with Crippen molar-refractivity contribution in [3.05, 3.63) is 69.8 Å². The van der Waals surface area contributed by atoms with Gasteiger partial charge in [-0.2, -0.15) is 4.31 Å². The van der Waals surface area contributed by atoms with Gasteiger partial charge in [-0.05, 0) is 68.0 Å². The molecule has 1 heterocycles. The zero-order chi connectivity index (χ0) is 21.2. The average molecular weight is 413 g/mol. The molecule has 2 aromatic rings. The van der Waals surface area contributed by atoms with Gasteiger partial charge >= 0.3 is 0 Å². The zero-order valence-electron chi connectivity index (χ0n) is 18.2. The van der Waals surface area contributed by atoms with E-state index >= 15 is 0 Å². The molecule has 0 atom stereocenters.